The van der Waals surface area contributed by atoms with Gasteiger partial charge in [0.15, 0.2) is 0 Å². The first-order chi connectivity index (χ1) is 13.6. The van der Waals surface area contributed by atoms with Gasteiger partial charge in [0.2, 0.25) is 0 Å². The third kappa shape index (κ3) is 4.99. The molecular formula is C23H20ClNO3. The average Bonchev–Trinajstić information content (AvgIpc) is 2.69. The second kappa shape index (κ2) is 9.20. The molecule has 5 heteroatoms. The van der Waals surface area contributed by atoms with E-state index >= 15 is 0 Å². The van der Waals surface area contributed by atoms with Crippen LogP contribution in [0.25, 0.3) is 11.1 Å². The number of hydrogen-bond acceptors (Lipinski definition) is 3. The number of anilines is 1. The van der Waals surface area contributed by atoms with E-state index in [0.29, 0.717) is 22.9 Å². The molecule has 0 atom stereocenters. The van der Waals surface area contributed by atoms with E-state index in [1.54, 1.807) is 37.3 Å². The molecule has 0 aliphatic heterocycles. The summed E-state index contributed by atoms with van der Waals surface area (Å²) in [6.45, 7) is 2.11. The largest absolute Gasteiger partial charge is 0.466 e. The molecule has 0 unspecified atom stereocenters. The molecule has 0 radical (unpaired) electrons. The van der Waals surface area contributed by atoms with E-state index in [9.17, 15) is 9.59 Å². The Labute approximate surface area is 169 Å². The van der Waals surface area contributed by atoms with Crippen molar-refractivity contribution < 1.29 is 14.3 Å². The smallest absolute Gasteiger partial charge is 0.310 e. The standard InChI is InChI=1S/C23H20ClNO3/c1-2-28-22(26)14-16-7-6-10-19(13-16)25-23(27)20-12-11-18(15-21(20)24)17-8-4-3-5-9-17/h3-13,15H,2,14H2,1H3,(H,25,27). The zero-order valence-electron chi connectivity index (χ0n) is 15.4. The highest BCUT2D eigenvalue weighted by Crippen LogP contribution is 2.26. The van der Waals surface area contributed by atoms with Crippen LogP contribution in [0.15, 0.2) is 72.8 Å². The zero-order chi connectivity index (χ0) is 19.9. The summed E-state index contributed by atoms with van der Waals surface area (Å²) in [6.07, 6.45) is 0.157. The van der Waals surface area contributed by atoms with Crippen LogP contribution in [0.4, 0.5) is 5.69 Å². The molecule has 1 N–H and O–H groups in total. The zero-order valence-corrected chi connectivity index (χ0v) is 16.2. The predicted octanol–water partition coefficient (Wildman–Crippen LogP) is 5.36. The van der Waals surface area contributed by atoms with E-state index < -0.39 is 0 Å². The molecule has 3 rings (SSSR count). The molecule has 1 amide bonds. The Morgan fingerprint density at radius 2 is 1.71 bits per heavy atom. The Morgan fingerprint density at radius 1 is 0.929 bits per heavy atom. The van der Waals surface area contributed by atoms with Crippen LogP contribution in [0.5, 0.6) is 0 Å². The molecule has 0 saturated carbocycles. The quantitative estimate of drug-likeness (QED) is 0.573. The van der Waals surface area contributed by atoms with Gasteiger partial charge in [0.25, 0.3) is 5.91 Å². The van der Waals surface area contributed by atoms with Crippen molar-refractivity contribution in [3.8, 4) is 11.1 Å². The summed E-state index contributed by atoms with van der Waals surface area (Å²) in [5.41, 5.74) is 3.72. The lowest BCUT2D eigenvalue weighted by molar-refractivity contribution is -0.142. The van der Waals surface area contributed by atoms with Crippen molar-refractivity contribution in [2.45, 2.75) is 13.3 Å². The summed E-state index contributed by atoms with van der Waals surface area (Å²) >= 11 is 6.35. The minimum Gasteiger partial charge on any atom is -0.466 e. The van der Waals surface area contributed by atoms with E-state index in [0.717, 1.165) is 16.7 Å². The number of halogens is 1. The first-order valence-corrected chi connectivity index (χ1v) is 9.35. The second-order valence-corrected chi connectivity index (χ2v) is 6.60. The lowest BCUT2D eigenvalue weighted by atomic mass is 10.0. The number of rotatable bonds is 6. The van der Waals surface area contributed by atoms with Crippen molar-refractivity contribution >= 4 is 29.2 Å². The average molecular weight is 394 g/mol. The van der Waals surface area contributed by atoms with Gasteiger partial charge in [0.05, 0.1) is 23.6 Å². The van der Waals surface area contributed by atoms with Gasteiger partial charge in [0, 0.05) is 5.69 Å². The maximum absolute atomic E-state index is 12.6. The molecule has 0 heterocycles. The predicted molar refractivity (Wildman–Crippen MR) is 112 cm³/mol. The van der Waals surface area contributed by atoms with E-state index in [4.69, 9.17) is 16.3 Å². The maximum Gasteiger partial charge on any atom is 0.310 e. The molecule has 0 aliphatic rings. The third-order valence-corrected chi connectivity index (χ3v) is 4.47. The Hall–Kier alpha value is -3.11. The molecule has 142 valence electrons. The maximum atomic E-state index is 12.6. The Kier molecular flexibility index (Phi) is 6.45. The summed E-state index contributed by atoms with van der Waals surface area (Å²) in [7, 11) is 0. The normalized spacial score (nSPS) is 10.4. The first-order valence-electron chi connectivity index (χ1n) is 8.97. The number of ether oxygens (including phenoxy) is 1. The van der Waals surface area contributed by atoms with Gasteiger partial charge in [-0.1, -0.05) is 60.1 Å². The Morgan fingerprint density at radius 3 is 2.43 bits per heavy atom. The van der Waals surface area contributed by atoms with Crippen molar-refractivity contribution in [1.82, 2.24) is 0 Å². The molecule has 3 aromatic carbocycles. The number of carbonyl (C=O) groups excluding carboxylic acids is 2. The van der Waals surface area contributed by atoms with Crippen LogP contribution in [0.1, 0.15) is 22.8 Å². The van der Waals surface area contributed by atoms with E-state index in [1.165, 1.54) is 0 Å². The van der Waals surface area contributed by atoms with Gasteiger partial charge >= 0.3 is 5.97 Å². The number of nitrogens with one attached hydrogen (secondary N) is 1. The number of hydrogen-bond donors (Lipinski definition) is 1. The molecule has 4 nitrogen and oxygen atoms in total. The summed E-state index contributed by atoms with van der Waals surface area (Å²) in [5, 5.41) is 3.20. The van der Waals surface area contributed by atoms with Crippen molar-refractivity contribution in [2.75, 3.05) is 11.9 Å². The highest BCUT2D eigenvalue weighted by molar-refractivity contribution is 6.34. The third-order valence-electron chi connectivity index (χ3n) is 4.16. The minimum absolute atomic E-state index is 0.157. The summed E-state index contributed by atoms with van der Waals surface area (Å²) in [4.78, 5) is 24.3. The highest BCUT2D eigenvalue weighted by atomic mass is 35.5. The fourth-order valence-corrected chi connectivity index (χ4v) is 3.11. The monoisotopic (exact) mass is 393 g/mol. The van der Waals surface area contributed by atoms with Crippen molar-refractivity contribution in [1.29, 1.82) is 0 Å². The van der Waals surface area contributed by atoms with Crippen LogP contribution in [0.3, 0.4) is 0 Å². The molecule has 0 aromatic heterocycles. The van der Waals surface area contributed by atoms with E-state index in [1.807, 2.05) is 42.5 Å². The van der Waals surface area contributed by atoms with Crippen molar-refractivity contribution in [2.24, 2.45) is 0 Å². The van der Waals surface area contributed by atoms with Crippen LogP contribution in [-0.2, 0) is 16.0 Å². The molecule has 0 saturated heterocycles. The van der Waals surface area contributed by atoms with Crippen molar-refractivity contribution in [3.63, 3.8) is 0 Å². The number of amides is 1. The molecule has 0 aliphatic carbocycles. The molecule has 0 bridgehead atoms. The Balaban J connectivity index is 1.74. The second-order valence-electron chi connectivity index (χ2n) is 6.20. The lowest BCUT2D eigenvalue weighted by Gasteiger charge is -2.10. The summed E-state index contributed by atoms with van der Waals surface area (Å²) in [5.74, 6) is -0.608. The molecule has 3 aromatic rings. The van der Waals surface area contributed by atoms with Crippen LogP contribution in [0, 0.1) is 0 Å². The van der Waals surface area contributed by atoms with Gasteiger partial charge < -0.3 is 10.1 Å². The fraction of sp³-hybridized carbons (Fsp3) is 0.130. The fourth-order valence-electron chi connectivity index (χ4n) is 2.85. The Bertz CT molecular complexity index is 986. The summed E-state index contributed by atoms with van der Waals surface area (Å²) in [6, 6.07) is 22.3. The molecule has 0 spiro atoms. The van der Waals surface area contributed by atoms with Gasteiger partial charge in [-0.3, -0.25) is 9.59 Å². The van der Waals surface area contributed by atoms with Gasteiger partial charge in [-0.05, 0) is 47.9 Å². The number of benzene rings is 3. The van der Waals surface area contributed by atoms with Gasteiger partial charge in [-0.25, -0.2) is 0 Å². The lowest BCUT2D eigenvalue weighted by Crippen LogP contribution is -2.13. The van der Waals surface area contributed by atoms with Crippen LogP contribution in [-0.4, -0.2) is 18.5 Å². The number of esters is 1. The van der Waals surface area contributed by atoms with Crippen LogP contribution < -0.4 is 5.32 Å². The van der Waals surface area contributed by atoms with Crippen LogP contribution in [0.2, 0.25) is 5.02 Å². The number of carbonyl (C=O) groups is 2. The summed E-state index contributed by atoms with van der Waals surface area (Å²) < 4.78 is 4.96. The topological polar surface area (TPSA) is 55.4 Å². The molecule has 0 fully saturated rings. The molecular weight excluding hydrogens is 374 g/mol. The van der Waals surface area contributed by atoms with Gasteiger partial charge in [0.1, 0.15) is 0 Å². The van der Waals surface area contributed by atoms with E-state index in [2.05, 4.69) is 5.32 Å². The SMILES string of the molecule is CCOC(=O)Cc1cccc(NC(=O)c2ccc(-c3ccccc3)cc2Cl)c1. The first kappa shape index (κ1) is 19.6. The highest BCUT2D eigenvalue weighted by Gasteiger charge is 2.13. The minimum atomic E-state index is -0.308. The van der Waals surface area contributed by atoms with Crippen molar-refractivity contribution in [3.05, 3.63) is 88.9 Å². The van der Waals surface area contributed by atoms with Crippen LogP contribution >= 0.6 is 11.6 Å². The van der Waals surface area contributed by atoms with Gasteiger partial charge in [-0.2, -0.15) is 0 Å². The molecule has 28 heavy (non-hydrogen) atoms. The van der Waals surface area contributed by atoms with Gasteiger partial charge in [-0.15, -0.1) is 0 Å². The van der Waals surface area contributed by atoms with E-state index in [-0.39, 0.29) is 18.3 Å².